The summed E-state index contributed by atoms with van der Waals surface area (Å²) in [5.74, 6) is 0. The summed E-state index contributed by atoms with van der Waals surface area (Å²) in [7, 11) is -3.91. The fraction of sp³-hybridized carbons (Fsp3) is 0.364. The summed E-state index contributed by atoms with van der Waals surface area (Å²) >= 11 is 5.86. The minimum absolute atomic E-state index is 0.0695. The summed E-state index contributed by atoms with van der Waals surface area (Å²) in [6.45, 7) is -1.02. The molecule has 8 heteroatoms. The van der Waals surface area contributed by atoms with Crippen LogP contribution in [0.1, 0.15) is 5.56 Å². The van der Waals surface area contributed by atoms with Gasteiger partial charge in [0, 0.05) is 13.1 Å². The zero-order chi connectivity index (χ0) is 14.5. The van der Waals surface area contributed by atoms with Crippen molar-refractivity contribution in [1.82, 2.24) is 4.31 Å². The molecule has 0 saturated heterocycles. The third kappa shape index (κ3) is 3.65. The first-order valence-electron chi connectivity index (χ1n) is 5.39. The second-order valence-electron chi connectivity index (χ2n) is 3.61. The maximum Gasteiger partial charge on any atom is 0.244 e. The van der Waals surface area contributed by atoms with Crippen LogP contribution >= 0.6 is 11.6 Å². The maximum atomic E-state index is 12.3. The van der Waals surface area contributed by atoms with E-state index in [9.17, 15) is 8.42 Å². The number of rotatable bonds is 6. The van der Waals surface area contributed by atoms with Crippen molar-refractivity contribution < 1.29 is 18.6 Å². The van der Waals surface area contributed by atoms with Gasteiger partial charge < -0.3 is 10.2 Å². The van der Waals surface area contributed by atoms with E-state index in [1.807, 2.05) is 6.07 Å². The van der Waals surface area contributed by atoms with Crippen LogP contribution in [0.5, 0.6) is 0 Å². The zero-order valence-electron chi connectivity index (χ0n) is 9.95. The lowest BCUT2D eigenvalue weighted by atomic mass is 10.2. The largest absolute Gasteiger partial charge is 0.395 e. The molecule has 0 bridgehead atoms. The normalized spacial score (nSPS) is 11.5. The number of halogens is 1. The van der Waals surface area contributed by atoms with Gasteiger partial charge in [-0.3, -0.25) is 0 Å². The molecule has 0 saturated carbocycles. The van der Waals surface area contributed by atoms with E-state index in [-0.39, 0.29) is 41.8 Å². The van der Waals surface area contributed by atoms with Gasteiger partial charge in [0.05, 0.1) is 29.9 Å². The van der Waals surface area contributed by atoms with Gasteiger partial charge in [0.15, 0.2) is 0 Å². The molecule has 0 heterocycles. The van der Waals surface area contributed by atoms with Crippen molar-refractivity contribution in [3.8, 4) is 6.07 Å². The second-order valence-corrected chi connectivity index (χ2v) is 5.92. The van der Waals surface area contributed by atoms with Crippen molar-refractivity contribution in [2.45, 2.75) is 4.90 Å². The first-order valence-corrected chi connectivity index (χ1v) is 7.20. The molecule has 0 fully saturated rings. The summed E-state index contributed by atoms with van der Waals surface area (Å²) in [5.41, 5.74) is 0.250. The lowest BCUT2D eigenvalue weighted by Crippen LogP contribution is -2.36. The molecule has 0 aromatic heterocycles. The third-order valence-electron chi connectivity index (χ3n) is 2.38. The molecule has 2 N–H and O–H groups in total. The van der Waals surface area contributed by atoms with Gasteiger partial charge in [0.25, 0.3) is 0 Å². The molecule has 0 aliphatic carbocycles. The van der Waals surface area contributed by atoms with Crippen molar-refractivity contribution >= 4 is 21.6 Å². The highest BCUT2D eigenvalue weighted by molar-refractivity contribution is 7.89. The van der Waals surface area contributed by atoms with Crippen molar-refractivity contribution in [3.05, 3.63) is 28.8 Å². The van der Waals surface area contributed by atoms with Crippen molar-refractivity contribution in [1.29, 1.82) is 5.26 Å². The number of aliphatic hydroxyl groups is 2. The highest BCUT2D eigenvalue weighted by atomic mass is 35.5. The van der Waals surface area contributed by atoms with Gasteiger partial charge in [-0.15, -0.1) is 0 Å². The molecule has 19 heavy (non-hydrogen) atoms. The van der Waals surface area contributed by atoms with Gasteiger partial charge in [-0.2, -0.15) is 9.57 Å². The van der Waals surface area contributed by atoms with Gasteiger partial charge in [0.2, 0.25) is 10.0 Å². The molecular weight excluding hydrogens is 292 g/mol. The van der Waals surface area contributed by atoms with E-state index in [4.69, 9.17) is 27.1 Å². The highest BCUT2D eigenvalue weighted by Crippen LogP contribution is 2.25. The number of hydrogen-bond acceptors (Lipinski definition) is 5. The molecule has 0 atom stereocenters. The number of aliphatic hydroxyl groups excluding tert-OH is 2. The molecule has 1 aromatic rings. The summed E-state index contributed by atoms with van der Waals surface area (Å²) in [5, 5.41) is 26.4. The minimum Gasteiger partial charge on any atom is -0.395 e. The summed E-state index contributed by atoms with van der Waals surface area (Å²) in [6.07, 6.45) is 0. The lowest BCUT2D eigenvalue weighted by Gasteiger charge is -2.20. The molecule has 0 amide bonds. The zero-order valence-corrected chi connectivity index (χ0v) is 11.5. The van der Waals surface area contributed by atoms with Crippen LogP contribution in [0.15, 0.2) is 23.1 Å². The smallest absolute Gasteiger partial charge is 0.244 e. The van der Waals surface area contributed by atoms with Crippen LogP contribution in [-0.4, -0.2) is 49.2 Å². The van der Waals surface area contributed by atoms with Crippen LogP contribution in [-0.2, 0) is 10.0 Å². The Labute approximate surface area is 116 Å². The topological polar surface area (TPSA) is 102 Å². The first kappa shape index (κ1) is 15.9. The van der Waals surface area contributed by atoms with Crippen LogP contribution in [0.2, 0.25) is 5.02 Å². The number of hydrogen-bond donors (Lipinski definition) is 2. The predicted molar refractivity (Wildman–Crippen MR) is 69.1 cm³/mol. The molecule has 6 nitrogen and oxygen atoms in total. The maximum absolute atomic E-state index is 12.3. The van der Waals surface area contributed by atoms with E-state index in [2.05, 4.69) is 0 Å². The number of benzene rings is 1. The Bertz CT molecular complexity index is 577. The number of nitrogens with zero attached hydrogens (tertiary/aromatic N) is 2. The van der Waals surface area contributed by atoms with E-state index in [0.29, 0.717) is 0 Å². The summed E-state index contributed by atoms with van der Waals surface area (Å²) < 4.78 is 25.5. The average molecular weight is 305 g/mol. The molecule has 0 spiro atoms. The van der Waals surface area contributed by atoms with Crippen molar-refractivity contribution in [2.75, 3.05) is 26.3 Å². The third-order valence-corrected chi connectivity index (χ3v) is 4.76. The van der Waals surface area contributed by atoms with Crippen LogP contribution in [0.25, 0.3) is 0 Å². The summed E-state index contributed by atoms with van der Waals surface area (Å²) in [6, 6.07) is 5.68. The van der Waals surface area contributed by atoms with Crippen LogP contribution in [0.4, 0.5) is 0 Å². The quantitative estimate of drug-likeness (QED) is 0.781. The first-order chi connectivity index (χ1) is 8.97. The molecule has 0 aliphatic heterocycles. The fourth-order valence-corrected chi connectivity index (χ4v) is 3.43. The predicted octanol–water partition coefficient (Wildman–Crippen LogP) is 0.187. The second kappa shape index (κ2) is 6.84. The Balaban J connectivity index is 3.22. The van der Waals surface area contributed by atoms with Gasteiger partial charge >= 0.3 is 0 Å². The van der Waals surface area contributed by atoms with Gasteiger partial charge in [-0.25, -0.2) is 8.42 Å². The van der Waals surface area contributed by atoms with Crippen LogP contribution in [0, 0.1) is 11.3 Å². The Morgan fingerprint density at radius 2 is 1.84 bits per heavy atom. The van der Waals surface area contributed by atoms with E-state index >= 15 is 0 Å². The molecule has 1 rings (SSSR count). The molecular formula is C11H13ClN2O4S. The monoisotopic (exact) mass is 304 g/mol. The Morgan fingerprint density at radius 1 is 1.26 bits per heavy atom. The Morgan fingerprint density at radius 3 is 2.26 bits per heavy atom. The SMILES string of the molecule is N#Cc1ccc(S(=O)(=O)N(CCO)CCO)c(Cl)c1. The van der Waals surface area contributed by atoms with Crippen molar-refractivity contribution in [2.24, 2.45) is 0 Å². The minimum atomic E-state index is -3.91. The van der Waals surface area contributed by atoms with E-state index in [1.165, 1.54) is 18.2 Å². The van der Waals surface area contributed by atoms with Crippen LogP contribution < -0.4 is 0 Å². The Kier molecular flexibility index (Phi) is 5.72. The molecule has 104 valence electrons. The lowest BCUT2D eigenvalue weighted by molar-refractivity contribution is 0.217. The molecule has 0 unspecified atom stereocenters. The molecule has 0 radical (unpaired) electrons. The number of sulfonamides is 1. The van der Waals surface area contributed by atoms with E-state index in [1.54, 1.807) is 0 Å². The van der Waals surface area contributed by atoms with Gasteiger partial charge in [-0.1, -0.05) is 11.6 Å². The fourth-order valence-electron chi connectivity index (χ4n) is 1.49. The van der Waals surface area contributed by atoms with E-state index < -0.39 is 10.0 Å². The van der Waals surface area contributed by atoms with Crippen molar-refractivity contribution in [3.63, 3.8) is 0 Å². The van der Waals surface area contributed by atoms with Gasteiger partial charge in [0.1, 0.15) is 4.90 Å². The highest BCUT2D eigenvalue weighted by Gasteiger charge is 2.26. The van der Waals surface area contributed by atoms with Crippen LogP contribution in [0.3, 0.4) is 0 Å². The Hall–Kier alpha value is -1.17. The van der Waals surface area contributed by atoms with E-state index in [0.717, 1.165) is 4.31 Å². The van der Waals surface area contributed by atoms with Gasteiger partial charge in [-0.05, 0) is 18.2 Å². The standard InChI is InChI=1S/C11H13ClN2O4S/c12-10-7-9(8-13)1-2-11(10)19(17,18)14(3-5-15)4-6-16/h1-2,7,15-16H,3-6H2. The molecule has 1 aromatic carbocycles. The number of nitriles is 1. The molecule has 0 aliphatic rings. The summed E-state index contributed by atoms with van der Waals surface area (Å²) in [4.78, 5) is -0.157. The average Bonchev–Trinajstić information content (AvgIpc) is 2.38.